The highest BCUT2D eigenvalue weighted by Gasteiger charge is 2.26. The van der Waals surface area contributed by atoms with Gasteiger partial charge in [-0.1, -0.05) is 86.2 Å². The second kappa shape index (κ2) is 10.6. The summed E-state index contributed by atoms with van der Waals surface area (Å²) >= 11 is 0. The van der Waals surface area contributed by atoms with Crippen LogP contribution < -0.4 is 0 Å². The maximum absolute atomic E-state index is 13.6. The van der Waals surface area contributed by atoms with E-state index in [1.165, 1.54) is 17.0 Å². The van der Waals surface area contributed by atoms with Crippen molar-refractivity contribution >= 4 is 16.7 Å². The molecule has 0 saturated carbocycles. The molecule has 1 fully saturated rings. The standard InChI is InChI=1S/C30H32N4O/c1-2-3-14-26-21-33(30(35)29-16-9-13-25-12-7-8-15-28(25)29)18-17-32(26)22-27-19-31-23-34(27)20-24-10-5-4-6-11-24/h4-16,19,23H,2-3,17-18,20-22H2,1H3/b26-14+. The lowest BCUT2D eigenvalue weighted by atomic mass is 10.0. The first-order chi connectivity index (χ1) is 17.2. The van der Waals surface area contributed by atoms with Gasteiger partial charge in [-0.3, -0.25) is 4.79 Å². The summed E-state index contributed by atoms with van der Waals surface area (Å²) in [6.07, 6.45) is 8.28. The highest BCUT2D eigenvalue weighted by molar-refractivity contribution is 6.07. The van der Waals surface area contributed by atoms with Crippen molar-refractivity contribution in [2.75, 3.05) is 19.6 Å². The molecule has 1 aromatic heterocycles. The number of hydrogen-bond donors (Lipinski definition) is 0. The zero-order chi connectivity index (χ0) is 24.0. The molecule has 1 saturated heterocycles. The van der Waals surface area contributed by atoms with Gasteiger partial charge in [0.1, 0.15) is 0 Å². The molecule has 1 aliphatic heterocycles. The summed E-state index contributed by atoms with van der Waals surface area (Å²) in [6, 6.07) is 24.6. The minimum Gasteiger partial charge on any atom is -0.366 e. The van der Waals surface area contributed by atoms with E-state index in [1.54, 1.807) is 0 Å². The van der Waals surface area contributed by atoms with Crippen LogP contribution in [0.5, 0.6) is 0 Å². The van der Waals surface area contributed by atoms with Crippen molar-refractivity contribution in [3.05, 3.63) is 114 Å². The Kier molecular flexibility index (Phi) is 6.94. The fourth-order valence-electron chi connectivity index (χ4n) is 4.80. The van der Waals surface area contributed by atoms with Gasteiger partial charge >= 0.3 is 0 Å². The Balaban J connectivity index is 1.34. The summed E-state index contributed by atoms with van der Waals surface area (Å²) in [5, 5.41) is 2.12. The van der Waals surface area contributed by atoms with E-state index in [2.05, 4.69) is 63.8 Å². The number of unbranched alkanes of at least 4 members (excludes halogenated alkanes) is 1. The van der Waals surface area contributed by atoms with Gasteiger partial charge in [0.2, 0.25) is 0 Å². The first-order valence-corrected chi connectivity index (χ1v) is 12.5. The second-order valence-corrected chi connectivity index (χ2v) is 9.16. The van der Waals surface area contributed by atoms with E-state index in [4.69, 9.17) is 0 Å². The SMILES string of the molecule is CCC/C=C1\CN(C(=O)c2cccc3ccccc23)CCN1Cc1cncn1Cc1ccccc1. The van der Waals surface area contributed by atoms with Gasteiger partial charge in [-0.15, -0.1) is 0 Å². The maximum atomic E-state index is 13.6. The highest BCUT2D eigenvalue weighted by atomic mass is 16.2. The molecule has 0 aliphatic carbocycles. The van der Waals surface area contributed by atoms with E-state index in [0.29, 0.717) is 13.1 Å². The molecule has 35 heavy (non-hydrogen) atoms. The van der Waals surface area contributed by atoms with Gasteiger partial charge in [-0.05, 0) is 28.8 Å². The van der Waals surface area contributed by atoms with Crippen LogP contribution >= 0.6 is 0 Å². The summed E-state index contributed by atoms with van der Waals surface area (Å²) < 4.78 is 2.22. The molecule has 0 bridgehead atoms. The number of rotatable bonds is 7. The molecular formula is C30H32N4O. The van der Waals surface area contributed by atoms with Gasteiger partial charge in [0, 0.05) is 37.1 Å². The van der Waals surface area contributed by atoms with E-state index in [0.717, 1.165) is 48.8 Å². The monoisotopic (exact) mass is 464 g/mol. The number of piperazine rings is 1. The normalized spacial score (nSPS) is 15.2. The smallest absolute Gasteiger partial charge is 0.254 e. The molecule has 1 amide bonds. The molecule has 5 rings (SSSR count). The van der Waals surface area contributed by atoms with Crippen LogP contribution in [-0.2, 0) is 13.1 Å². The number of amides is 1. The van der Waals surface area contributed by atoms with Crippen LogP contribution in [0.2, 0.25) is 0 Å². The molecule has 5 heteroatoms. The van der Waals surface area contributed by atoms with Crippen molar-refractivity contribution in [2.45, 2.75) is 32.9 Å². The third kappa shape index (κ3) is 5.14. The average molecular weight is 465 g/mol. The van der Waals surface area contributed by atoms with E-state index in [9.17, 15) is 4.79 Å². The zero-order valence-corrected chi connectivity index (χ0v) is 20.3. The lowest BCUT2D eigenvalue weighted by Crippen LogP contribution is -2.47. The number of fused-ring (bicyclic) bond motifs is 1. The first kappa shape index (κ1) is 22.9. The molecule has 0 atom stereocenters. The number of benzene rings is 3. The number of carbonyl (C=O) groups excluding carboxylic acids is 1. The molecule has 4 aromatic rings. The Morgan fingerprint density at radius 3 is 2.60 bits per heavy atom. The number of nitrogens with zero attached hydrogens (tertiary/aromatic N) is 4. The largest absolute Gasteiger partial charge is 0.366 e. The van der Waals surface area contributed by atoms with E-state index in [-0.39, 0.29) is 5.91 Å². The third-order valence-corrected chi connectivity index (χ3v) is 6.72. The number of allylic oxidation sites excluding steroid dienone is 1. The quantitative estimate of drug-likeness (QED) is 0.351. The van der Waals surface area contributed by atoms with Crippen molar-refractivity contribution in [3.63, 3.8) is 0 Å². The van der Waals surface area contributed by atoms with Crippen LogP contribution in [0.15, 0.2) is 97.1 Å². The van der Waals surface area contributed by atoms with Crippen molar-refractivity contribution < 1.29 is 4.79 Å². The summed E-state index contributed by atoms with van der Waals surface area (Å²) in [6.45, 7) is 5.94. The van der Waals surface area contributed by atoms with E-state index >= 15 is 0 Å². The van der Waals surface area contributed by atoms with Crippen LogP contribution in [0.4, 0.5) is 0 Å². The number of imidazole rings is 1. The predicted octanol–water partition coefficient (Wildman–Crippen LogP) is 5.73. The van der Waals surface area contributed by atoms with Crippen molar-refractivity contribution in [3.8, 4) is 0 Å². The van der Waals surface area contributed by atoms with Gasteiger partial charge in [0.15, 0.2) is 0 Å². The van der Waals surface area contributed by atoms with Gasteiger partial charge in [-0.2, -0.15) is 0 Å². The highest BCUT2D eigenvalue weighted by Crippen LogP contribution is 2.24. The van der Waals surface area contributed by atoms with Crippen LogP contribution in [0.25, 0.3) is 10.8 Å². The second-order valence-electron chi connectivity index (χ2n) is 9.16. The van der Waals surface area contributed by atoms with Gasteiger partial charge in [0.25, 0.3) is 5.91 Å². The van der Waals surface area contributed by atoms with Crippen LogP contribution in [-0.4, -0.2) is 44.9 Å². The molecule has 3 aromatic carbocycles. The lowest BCUT2D eigenvalue weighted by Gasteiger charge is -2.38. The molecule has 0 radical (unpaired) electrons. The van der Waals surface area contributed by atoms with Gasteiger partial charge < -0.3 is 14.4 Å². The minimum absolute atomic E-state index is 0.109. The minimum atomic E-state index is 0.109. The molecule has 178 valence electrons. The van der Waals surface area contributed by atoms with Crippen LogP contribution in [0, 0.1) is 0 Å². The fraction of sp³-hybridized carbons (Fsp3) is 0.267. The third-order valence-electron chi connectivity index (χ3n) is 6.72. The molecule has 1 aliphatic rings. The first-order valence-electron chi connectivity index (χ1n) is 12.5. The Labute approximate surface area is 207 Å². The molecule has 0 spiro atoms. The lowest BCUT2D eigenvalue weighted by molar-refractivity contribution is 0.0695. The summed E-state index contributed by atoms with van der Waals surface area (Å²) in [5.74, 6) is 0.109. The summed E-state index contributed by atoms with van der Waals surface area (Å²) in [4.78, 5) is 22.4. The van der Waals surface area contributed by atoms with Gasteiger partial charge in [0.05, 0.1) is 25.1 Å². The molecule has 0 unspecified atom stereocenters. The molecule has 0 N–H and O–H groups in total. The molecule has 2 heterocycles. The Morgan fingerprint density at radius 1 is 0.943 bits per heavy atom. The summed E-state index contributed by atoms with van der Waals surface area (Å²) in [5.41, 5.74) is 4.45. The molecule has 5 nitrogen and oxygen atoms in total. The zero-order valence-electron chi connectivity index (χ0n) is 20.3. The Hall–Kier alpha value is -3.86. The van der Waals surface area contributed by atoms with Crippen LogP contribution in [0.1, 0.15) is 41.4 Å². The Bertz CT molecular complexity index is 1320. The predicted molar refractivity (Wildman–Crippen MR) is 141 cm³/mol. The summed E-state index contributed by atoms with van der Waals surface area (Å²) in [7, 11) is 0. The topological polar surface area (TPSA) is 41.4 Å². The van der Waals surface area contributed by atoms with Crippen LogP contribution in [0.3, 0.4) is 0 Å². The van der Waals surface area contributed by atoms with Crippen molar-refractivity contribution in [1.82, 2.24) is 19.4 Å². The maximum Gasteiger partial charge on any atom is 0.254 e. The van der Waals surface area contributed by atoms with E-state index in [1.807, 2.05) is 53.8 Å². The number of aromatic nitrogens is 2. The number of carbonyl (C=O) groups is 1. The average Bonchev–Trinajstić information content (AvgIpc) is 3.34. The van der Waals surface area contributed by atoms with E-state index < -0.39 is 0 Å². The van der Waals surface area contributed by atoms with Gasteiger partial charge in [-0.25, -0.2) is 4.98 Å². The molecular weight excluding hydrogens is 432 g/mol. The number of hydrogen-bond acceptors (Lipinski definition) is 3. The Morgan fingerprint density at radius 2 is 1.74 bits per heavy atom. The van der Waals surface area contributed by atoms with Crippen molar-refractivity contribution in [2.24, 2.45) is 0 Å². The fourth-order valence-corrected chi connectivity index (χ4v) is 4.80. The van der Waals surface area contributed by atoms with Crippen molar-refractivity contribution in [1.29, 1.82) is 0 Å².